The molecule has 0 spiro atoms. The smallest absolute Gasteiger partial charge is 0.246 e. The molecule has 2 amide bonds. The number of aryl methyl sites for hydroxylation is 1. The number of aliphatic hydroxyl groups is 1. The van der Waals surface area contributed by atoms with E-state index < -0.39 is 14.5 Å². The van der Waals surface area contributed by atoms with Crippen LogP contribution < -0.4 is 4.90 Å². The number of carbonyl (C=O) groups is 2. The van der Waals surface area contributed by atoms with E-state index in [1.54, 1.807) is 18.0 Å². The molecule has 5 rings (SSSR count). The van der Waals surface area contributed by atoms with Gasteiger partial charge in [0.05, 0.1) is 31.3 Å². The standard InChI is InChI=1S/C34H47FN2O4Si/c1-24-30(18-15-25-13-16-28(17-14-25)36-19-9-5-4-6-12-32(36)39)41-31(34(24)42(2,3)35)21-33(40)37-22-27-11-8-7-10-26(27)20-29(37)23-38/h7-8,10-11,13-14,16-17,24,29-31,34,38H,4-6,9,12,15,18-23H2,1-3H3/t24-,29+,30+,31-,34+/m1/s1. The first-order valence-electron chi connectivity index (χ1n) is 15.9. The third-order valence-corrected chi connectivity index (χ3v) is 12.2. The molecule has 2 aromatic carbocycles. The lowest BCUT2D eigenvalue weighted by atomic mass is 9.93. The molecule has 6 nitrogen and oxygen atoms in total. The molecule has 3 aliphatic heterocycles. The van der Waals surface area contributed by atoms with Crippen LogP contribution in [0.25, 0.3) is 0 Å². The highest BCUT2D eigenvalue weighted by Gasteiger charge is 2.52. The summed E-state index contributed by atoms with van der Waals surface area (Å²) in [7, 11) is -3.12. The predicted molar refractivity (Wildman–Crippen MR) is 167 cm³/mol. The van der Waals surface area contributed by atoms with Crippen LogP contribution in [-0.2, 0) is 33.7 Å². The van der Waals surface area contributed by atoms with Crippen molar-refractivity contribution in [3.8, 4) is 0 Å². The van der Waals surface area contributed by atoms with Crippen molar-refractivity contribution in [2.45, 2.75) is 108 Å². The highest BCUT2D eigenvalue weighted by Crippen LogP contribution is 2.47. The Kier molecular flexibility index (Phi) is 9.85. The number of anilines is 1. The topological polar surface area (TPSA) is 70.1 Å². The van der Waals surface area contributed by atoms with Gasteiger partial charge in [0.25, 0.3) is 0 Å². The van der Waals surface area contributed by atoms with Crippen molar-refractivity contribution in [2.75, 3.05) is 18.1 Å². The van der Waals surface area contributed by atoms with E-state index >= 15 is 4.11 Å². The zero-order valence-corrected chi connectivity index (χ0v) is 26.4. The molecule has 3 heterocycles. The molecule has 5 atom stereocenters. The number of rotatable bonds is 8. The van der Waals surface area contributed by atoms with E-state index in [1.807, 2.05) is 35.2 Å². The van der Waals surface area contributed by atoms with E-state index in [4.69, 9.17) is 4.74 Å². The summed E-state index contributed by atoms with van der Waals surface area (Å²) in [6.07, 6.45) is 6.65. The van der Waals surface area contributed by atoms with Crippen LogP contribution in [0, 0.1) is 5.92 Å². The fourth-order valence-electron chi connectivity index (χ4n) is 7.49. The first kappa shape index (κ1) is 30.9. The predicted octanol–water partition coefficient (Wildman–Crippen LogP) is 6.20. The second-order valence-corrected chi connectivity index (χ2v) is 16.9. The summed E-state index contributed by atoms with van der Waals surface area (Å²) >= 11 is 0. The summed E-state index contributed by atoms with van der Waals surface area (Å²) in [5.74, 6) is 0.154. The van der Waals surface area contributed by atoms with Gasteiger partial charge < -0.3 is 23.8 Å². The number of benzene rings is 2. The van der Waals surface area contributed by atoms with E-state index in [0.29, 0.717) is 19.4 Å². The minimum Gasteiger partial charge on any atom is -0.394 e. The summed E-state index contributed by atoms with van der Waals surface area (Å²) in [5.41, 5.74) is 4.13. The number of ether oxygens (including phenoxy) is 1. The van der Waals surface area contributed by atoms with Gasteiger partial charge >= 0.3 is 0 Å². The zero-order valence-electron chi connectivity index (χ0n) is 25.4. The summed E-state index contributed by atoms with van der Waals surface area (Å²) in [6.45, 7) is 6.69. The lowest BCUT2D eigenvalue weighted by molar-refractivity contribution is -0.138. The normalized spacial score (nSPS) is 27.0. The Labute approximate surface area is 251 Å². The number of hydrogen-bond acceptors (Lipinski definition) is 4. The number of halogens is 1. The number of amides is 2. The minimum atomic E-state index is -3.12. The molecule has 8 heteroatoms. The number of hydrogen-bond donors (Lipinski definition) is 1. The first-order valence-corrected chi connectivity index (χ1v) is 18.8. The Morgan fingerprint density at radius 1 is 1.02 bits per heavy atom. The van der Waals surface area contributed by atoms with E-state index in [1.165, 1.54) is 17.5 Å². The van der Waals surface area contributed by atoms with Gasteiger partial charge in [-0.2, -0.15) is 0 Å². The Hall–Kier alpha value is -2.55. The van der Waals surface area contributed by atoms with Gasteiger partial charge in [-0.05, 0) is 79.9 Å². The lowest BCUT2D eigenvalue weighted by Crippen LogP contribution is -2.48. The maximum Gasteiger partial charge on any atom is 0.246 e. The second kappa shape index (κ2) is 13.4. The average molecular weight is 595 g/mol. The molecule has 1 N–H and O–H groups in total. The van der Waals surface area contributed by atoms with Gasteiger partial charge in [0.2, 0.25) is 20.2 Å². The van der Waals surface area contributed by atoms with Crippen molar-refractivity contribution < 1.29 is 23.5 Å². The van der Waals surface area contributed by atoms with Gasteiger partial charge in [-0.25, -0.2) is 0 Å². The summed E-state index contributed by atoms with van der Waals surface area (Å²) in [5, 5.41) is 10.1. The summed E-state index contributed by atoms with van der Waals surface area (Å²) < 4.78 is 22.3. The van der Waals surface area contributed by atoms with Crippen LogP contribution in [-0.4, -0.2) is 61.6 Å². The van der Waals surface area contributed by atoms with E-state index in [9.17, 15) is 14.7 Å². The largest absolute Gasteiger partial charge is 0.394 e. The number of fused-ring (bicyclic) bond motifs is 1. The van der Waals surface area contributed by atoms with Crippen molar-refractivity contribution in [1.29, 1.82) is 0 Å². The quantitative estimate of drug-likeness (QED) is 0.292. The van der Waals surface area contributed by atoms with Crippen molar-refractivity contribution in [3.63, 3.8) is 0 Å². The van der Waals surface area contributed by atoms with Crippen molar-refractivity contribution >= 4 is 25.9 Å². The molecular weight excluding hydrogens is 547 g/mol. The minimum absolute atomic E-state index is 0.0168. The Morgan fingerprint density at radius 2 is 1.74 bits per heavy atom. The highest BCUT2D eigenvalue weighted by atomic mass is 28.4. The molecule has 0 radical (unpaired) electrons. The van der Waals surface area contributed by atoms with Crippen molar-refractivity contribution in [1.82, 2.24) is 4.90 Å². The molecule has 3 aliphatic rings. The molecule has 2 fully saturated rings. The van der Waals surface area contributed by atoms with Crippen molar-refractivity contribution in [2.24, 2.45) is 5.92 Å². The number of nitrogens with zero attached hydrogens (tertiary/aromatic N) is 2. The molecule has 2 aromatic rings. The van der Waals surface area contributed by atoms with Gasteiger partial charge in [-0.3, -0.25) is 9.59 Å². The van der Waals surface area contributed by atoms with Crippen LogP contribution in [0.2, 0.25) is 18.6 Å². The molecule has 2 saturated heterocycles. The first-order chi connectivity index (χ1) is 20.2. The average Bonchev–Trinajstić information content (AvgIpc) is 3.28. The van der Waals surface area contributed by atoms with Crippen LogP contribution in [0.3, 0.4) is 0 Å². The Morgan fingerprint density at radius 3 is 2.45 bits per heavy atom. The third-order valence-electron chi connectivity index (χ3n) is 9.75. The van der Waals surface area contributed by atoms with E-state index in [0.717, 1.165) is 49.9 Å². The molecule has 228 valence electrons. The maximum atomic E-state index is 15.7. The van der Waals surface area contributed by atoms with Gasteiger partial charge in [0, 0.05) is 30.7 Å². The molecule has 42 heavy (non-hydrogen) atoms. The van der Waals surface area contributed by atoms with E-state index in [-0.39, 0.29) is 48.4 Å². The van der Waals surface area contributed by atoms with Crippen molar-refractivity contribution in [3.05, 3.63) is 65.2 Å². The third kappa shape index (κ3) is 6.98. The van der Waals surface area contributed by atoms with E-state index in [2.05, 4.69) is 25.1 Å². The van der Waals surface area contributed by atoms with Crippen LogP contribution in [0.5, 0.6) is 0 Å². The monoisotopic (exact) mass is 594 g/mol. The van der Waals surface area contributed by atoms with Crippen LogP contribution >= 0.6 is 0 Å². The fourth-order valence-corrected chi connectivity index (χ4v) is 10.0. The van der Waals surface area contributed by atoms with Gasteiger partial charge in [-0.15, -0.1) is 0 Å². The van der Waals surface area contributed by atoms with Crippen LogP contribution in [0.4, 0.5) is 9.80 Å². The number of carbonyl (C=O) groups excluding carboxylic acids is 2. The SMILES string of the molecule is C[C@H]1[C@H]([Si](C)(C)F)[C@@H](CC(=O)N2Cc3ccccc3C[C@H]2CO)O[C@H]1CCc1ccc(N2CCCCCCC2=O)cc1. The van der Waals surface area contributed by atoms with Crippen LogP contribution in [0.1, 0.15) is 68.6 Å². The maximum absolute atomic E-state index is 15.7. The molecule has 0 aliphatic carbocycles. The Balaban J connectivity index is 1.23. The Bertz CT molecular complexity index is 1230. The molecule has 0 bridgehead atoms. The summed E-state index contributed by atoms with van der Waals surface area (Å²) in [4.78, 5) is 30.0. The molecule has 0 saturated carbocycles. The molecule has 0 aromatic heterocycles. The summed E-state index contributed by atoms with van der Waals surface area (Å²) in [6, 6.07) is 16.1. The van der Waals surface area contributed by atoms with Gasteiger partial charge in [0.1, 0.15) is 0 Å². The zero-order chi connectivity index (χ0) is 29.9. The molecule has 0 unspecified atom stereocenters. The highest BCUT2D eigenvalue weighted by molar-refractivity contribution is 6.72. The van der Waals surface area contributed by atoms with Gasteiger partial charge in [0.15, 0.2) is 0 Å². The van der Waals surface area contributed by atoms with Gasteiger partial charge in [-0.1, -0.05) is 56.2 Å². The van der Waals surface area contributed by atoms with Crippen LogP contribution in [0.15, 0.2) is 48.5 Å². The second-order valence-electron chi connectivity index (χ2n) is 13.1. The fraction of sp³-hybridized carbons (Fsp3) is 0.588. The molecular formula is C34H47FN2O4Si. The lowest BCUT2D eigenvalue weighted by Gasteiger charge is -2.37. The number of aliphatic hydroxyl groups excluding tert-OH is 1.